The van der Waals surface area contributed by atoms with Crippen molar-refractivity contribution >= 4 is 23.4 Å². The third-order valence-corrected chi connectivity index (χ3v) is 3.72. The van der Waals surface area contributed by atoms with Gasteiger partial charge in [-0.1, -0.05) is 18.2 Å². The summed E-state index contributed by atoms with van der Waals surface area (Å²) in [6.07, 6.45) is 1.80. The first-order chi connectivity index (χ1) is 9.70. The zero-order valence-corrected chi connectivity index (χ0v) is 12.2. The summed E-state index contributed by atoms with van der Waals surface area (Å²) in [4.78, 5) is 7.67. The molecule has 0 saturated heterocycles. The van der Waals surface area contributed by atoms with Gasteiger partial charge in [0.05, 0.1) is 19.2 Å². The lowest BCUT2D eigenvalue weighted by Gasteiger charge is -2.09. The van der Waals surface area contributed by atoms with E-state index in [0.29, 0.717) is 11.3 Å². The Bertz CT molecular complexity index is 819. The monoisotopic (exact) mass is 285 g/mol. The Kier molecular flexibility index (Phi) is 3.28. The number of H-pyrrole nitrogens is 1. The molecule has 0 aliphatic rings. The van der Waals surface area contributed by atoms with Crippen LogP contribution in [0.1, 0.15) is 11.1 Å². The highest BCUT2D eigenvalue weighted by Gasteiger charge is 2.10. The summed E-state index contributed by atoms with van der Waals surface area (Å²) in [7, 11) is 1.68. The van der Waals surface area contributed by atoms with Gasteiger partial charge in [0.15, 0.2) is 10.4 Å². The third-order valence-electron chi connectivity index (χ3n) is 3.39. The van der Waals surface area contributed by atoms with Gasteiger partial charge in [-0.15, -0.1) is 0 Å². The minimum absolute atomic E-state index is 0.638. The number of fused-ring (bicyclic) bond motifs is 1. The van der Waals surface area contributed by atoms with Crippen molar-refractivity contribution in [3.63, 3.8) is 0 Å². The number of hydrogen-bond acceptors (Lipinski definition) is 3. The number of benzene rings is 1. The molecule has 0 aliphatic carbocycles. The summed E-state index contributed by atoms with van der Waals surface area (Å²) >= 11 is 5.42. The second-order valence-electron chi connectivity index (χ2n) is 4.65. The zero-order chi connectivity index (χ0) is 14.1. The van der Waals surface area contributed by atoms with E-state index in [-0.39, 0.29) is 0 Å². The minimum atomic E-state index is 0.638. The number of aromatic nitrogens is 3. The summed E-state index contributed by atoms with van der Waals surface area (Å²) < 4.78 is 8.06. The summed E-state index contributed by atoms with van der Waals surface area (Å²) in [6.45, 7) is 2.68. The molecular formula is C15H15N3OS. The number of nitrogens with zero attached hydrogens (tertiary/aromatic N) is 2. The van der Waals surface area contributed by atoms with E-state index in [9.17, 15) is 0 Å². The zero-order valence-electron chi connectivity index (χ0n) is 11.4. The SMILES string of the molecule is COc1ccccc1Cn1c(=S)[nH]c2c(C)ccnc21. The van der Waals surface area contributed by atoms with Gasteiger partial charge in [0, 0.05) is 11.8 Å². The quantitative estimate of drug-likeness (QED) is 0.749. The number of ether oxygens (including phenoxy) is 1. The maximum Gasteiger partial charge on any atom is 0.179 e. The van der Waals surface area contributed by atoms with Crippen LogP contribution in [-0.4, -0.2) is 21.6 Å². The lowest BCUT2D eigenvalue weighted by atomic mass is 10.2. The van der Waals surface area contributed by atoms with E-state index in [4.69, 9.17) is 17.0 Å². The molecule has 20 heavy (non-hydrogen) atoms. The molecule has 1 aromatic carbocycles. The lowest BCUT2D eigenvalue weighted by molar-refractivity contribution is 0.408. The molecular weight excluding hydrogens is 270 g/mol. The van der Waals surface area contributed by atoms with E-state index in [2.05, 4.69) is 9.97 Å². The van der Waals surface area contributed by atoms with Crippen molar-refractivity contribution in [2.45, 2.75) is 13.5 Å². The molecule has 0 unspecified atom stereocenters. The average molecular weight is 285 g/mol. The Labute approximate surface area is 122 Å². The summed E-state index contributed by atoms with van der Waals surface area (Å²) in [5.41, 5.74) is 4.09. The molecule has 4 nitrogen and oxygen atoms in total. The highest BCUT2D eigenvalue weighted by Crippen LogP contribution is 2.22. The molecule has 2 aromatic heterocycles. The van der Waals surface area contributed by atoms with Crippen molar-refractivity contribution in [3.8, 4) is 5.75 Å². The second kappa shape index (κ2) is 5.09. The van der Waals surface area contributed by atoms with Crippen molar-refractivity contribution in [1.82, 2.24) is 14.5 Å². The number of rotatable bonds is 3. The molecule has 0 saturated carbocycles. The molecule has 0 amide bonds. The molecule has 1 N–H and O–H groups in total. The third kappa shape index (κ3) is 2.10. The molecule has 0 radical (unpaired) electrons. The van der Waals surface area contributed by atoms with Crippen LogP contribution in [0.2, 0.25) is 0 Å². The molecule has 2 heterocycles. The van der Waals surface area contributed by atoms with Gasteiger partial charge in [0.25, 0.3) is 0 Å². The number of para-hydroxylation sites is 1. The molecule has 0 aliphatic heterocycles. The van der Waals surface area contributed by atoms with Crippen LogP contribution in [0.5, 0.6) is 5.75 Å². The first kappa shape index (κ1) is 12.9. The molecule has 102 valence electrons. The van der Waals surface area contributed by atoms with Crippen molar-refractivity contribution in [1.29, 1.82) is 0 Å². The average Bonchev–Trinajstić information content (AvgIpc) is 2.78. The van der Waals surface area contributed by atoms with Gasteiger partial charge >= 0.3 is 0 Å². The second-order valence-corrected chi connectivity index (χ2v) is 5.04. The highest BCUT2D eigenvalue weighted by atomic mass is 32.1. The topological polar surface area (TPSA) is 42.8 Å². The summed E-state index contributed by atoms with van der Waals surface area (Å²) in [6, 6.07) is 9.91. The molecule has 0 bridgehead atoms. The number of methoxy groups -OCH3 is 1. The predicted octanol–water partition coefficient (Wildman–Crippen LogP) is 3.46. The van der Waals surface area contributed by atoms with E-state index < -0.39 is 0 Å². The Hall–Kier alpha value is -2.14. The summed E-state index contributed by atoms with van der Waals surface area (Å²) in [5.74, 6) is 0.858. The van der Waals surface area contributed by atoms with E-state index >= 15 is 0 Å². The highest BCUT2D eigenvalue weighted by molar-refractivity contribution is 7.71. The van der Waals surface area contributed by atoms with Crippen LogP contribution in [0.4, 0.5) is 0 Å². The van der Waals surface area contributed by atoms with E-state index in [1.807, 2.05) is 41.8 Å². The molecule has 3 rings (SSSR count). The lowest BCUT2D eigenvalue weighted by Crippen LogP contribution is -2.02. The van der Waals surface area contributed by atoms with Gasteiger partial charge in [-0.25, -0.2) is 4.98 Å². The Balaban J connectivity index is 2.14. The van der Waals surface area contributed by atoms with Gasteiger partial charge in [-0.05, 0) is 36.8 Å². The first-order valence-electron chi connectivity index (χ1n) is 6.36. The standard InChI is InChI=1S/C15H15N3OS/c1-10-7-8-16-14-13(10)17-15(20)18(14)9-11-5-3-4-6-12(11)19-2/h3-8H,9H2,1-2H3,(H,17,20). The van der Waals surface area contributed by atoms with Gasteiger partial charge in [-0.3, -0.25) is 4.57 Å². The van der Waals surface area contributed by atoms with Crippen molar-refractivity contribution in [2.75, 3.05) is 7.11 Å². The van der Waals surface area contributed by atoms with Gasteiger partial charge in [0.1, 0.15) is 5.75 Å². The molecule has 0 atom stereocenters. The van der Waals surface area contributed by atoms with E-state index in [1.165, 1.54) is 0 Å². The fourth-order valence-electron chi connectivity index (χ4n) is 2.32. The number of pyridine rings is 1. The Morgan fingerprint density at radius 1 is 1.30 bits per heavy atom. The van der Waals surface area contributed by atoms with Gasteiger partial charge in [0.2, 0.25) is 0 Å². The van der Waals surface area contributed by atoms with Crippen LogP contribution in [-0.2, 0) is 6.54 Å². The number of imidazole rings is 1. The predicted molar refractivity (Wildman–Crippen MR) is 81.8 cm³/mol. The van der Waals surface area contributed by atoms with Crippen LogP contribution >= 0.6 is 12.2 Å². The first-order valence-corrected chi connectivity index (χ1v) is 6.77. The smallest absolute Gasteiger partial charge is 0.179 e. The van der Waals surface area contributed by atoms with Crippen LogP contribution < -0.4 is 4.74 Å². The van der Waals surface area contributed by atoms with E-state index in [0.717, 1.165) is 28.0 Å². The van der Waals surface area contributed by atoms with Crippen molar-refractivity contribution < 1.29 is 4.74 Å². The number of aryl methyl sites for hydroxylation is 1. The molecule has 0 spiro atoms. The van der Waals surface area contributed by atoms with E-state index in [1.54, 1.807) is 13.3 Å². The van der Waals surface area contributed by atoms with Gasteiger partial charge in [-0.2, -0.15) is 0 Å². The van der Waals surface area contributed by atoms with Crippen molar-refractivity contribution in [2.24, 2.45) is 0 Å². The molecule has 5 heteroatoms. The van der Waals surface area contributed by atoms with Crippen LogP contribution in [0.15, 0.2) is 36.5 Å². The largest absolute Gasteiger partial charge is 0.496 e. The normalized spacial score (nSPS) is 10.9. The fraction of sp³-hybridized carbons (Fsp3) is 0.200. The van der Waals surface area contributed by atoms with Crippen LogP contribution in [0.3, 0.4) is 0 Å². The van der Waals surface area contributed by atoms with Crippen LogP contribution in [0, 0.1) is 11.7 Å². The minimum Gasteiger partial charge on any atom is -0.496 e. The van der Waals surface area contributed by atoms with Crippen molar-refractivity contribution in [3.05, 3.63) is 52.4 Å². The van der Waals surface area contributed by atoms with Crippen LogP contribution in [0.25, 0.3) is 11.2 Å². The number of hydrogen-bond donors (Lipinski definition) is 1. The maximum absolute atomic E-state index is 5.42. The Morgan fingerprint density at radius 3 is 2.90 bits per heavy atom. The summed E-state index contributed by atoms with van der Waals surface area (Å²) in [5, 5.41) is 0. The molecule has 3 aromatic rings. The maximum atomic E-state index is 5.42. The molecule has 0 fully saturated rings. The fourth-order valence-corrected chi connectivity index (χ4v) is 2.58. The number of aromatic amines is 1. The Morgan fingerprint density at radius 2 is 2.10 bits per heavy atom. The van der Waals surface area contributed by atoms with Gasteiger partial charge < -0.3 is 9.72 Å². The number of nitrogens with one attached hydrogen (secondary N) is 1.